The lowest BCUT2D eigenvalue weighted by Crippen LogP contribution is -2.03. The minimum atomic E-state index is 0.264. The molecule has 0 heterocycles. The van der Waals surface area contributed by atoms with Crippen molar-refractivity contribution < 1.29 is 0 Å². The Kier molecular flexibility index (Phi) is 9.74. The summed E-state index contributed by atoms with van der Waals surface area (Å²) >= 11 is 0. The van der Waals surface area contributed by atoms with Gasteiger partial charge < -0.3 is 0 Å². The number of hydrogen-bond donors (Lipinski definition) is 0. The van der Waals surface area contributed by atoms with E-state index in [1.807, 2.05) is 0 Å². The Balaban J connectivity index is 2.26. The van der Waals surface area contributed by atoms with Crippen molar-refractivity contribution in [3.63, 3.8) is 0 Å². The molecule has 0 radical (unpaired) electrons. The molecular formula is C15H29N3. The second-order valence-electron chi connectivity index (χ2n) is 5.68. The first-order valence-electron chi connectivity index (χ1n) is 7.97. The summed E-state index contributed by atoms with van der Waals surface area (Å²) in [7, 11) is 0. The van der Waals surface area contributed by atoms with Crippen LogP contribution in [0.2, 0.25) is 0 Å². The summed E-state index contributed by atoms with van der Waals surface area (Å²) in [5.41, 5.74) is 8.58. The molecule has 0 atom stereocenters. The average Bonchev–Trinajstić information content (AvgIpc) is 2.39. The maximum atomic E-state index is 8.58. The van der Waals surface area contributed by atoms with Crippen LogP contribution >= 0.6 is 0 Å². The van der Waals surface area contributed by atoms with E-state index in [4.69, 9.17) is 5.53 Å². The number of nitrogens with zero attached hydrogens (tertiary/aromatic N) is 3. The second-order valence-corrected chi connectivity index (χ2v) is 5.68. The van der Waals surface area contributed by atoms with Gasteiger partial charge in [-0.15, -0.1) is 0 Å². The molecule has 0 saturated heterocycles. The normalized spacial score (nSPS) is 22.4. The summed E-state index contributed by atoms with van der Waals surface area (Å²) < 4.78 is 0. The highest BCUT2D eigenvalue weighted by molar-refractivity contribution is 4.67. The number of azide groups is 1. The van der Waals surface area contributed by atoms with Crippen LogP contribution in [0.4, 0.5) is 0 Å². The Morgan fingerprint density at radius 2 is 0.944 bits per heavy atom. The predicted molar refractivity (Wildman–Crippen MR) is 77.6 cm³/mol. The van der Waals surface area contributed by atoms with Crippen molar-refractivity contribution in [1.82, 2.24) is 0 Å². The topological polar surface area (TPSA) is 48.8 Å². The van der Waals surface area contributed by atoms with E-state index in [2.05, 4.69) is 10.0 Å². The van der Waals surface area contributed by atoms with E-state index in [1.165, 1.54) is 77.0 Å². The number of hydrogen-bond acceptors (Lipinski definition) is 1. The Morgan fingerprint density at radius 3 is 1.28 bits per heavy atom. The molecule has 104 valence electrons. The van der Waals surface area contributed by atoms with E-state index < -0.39 is 0 Å². The summed E-state index contributed by atoms with van der Waals surface area (Å²) in [4.78, 5) is 3.00. The second kappa shape index (κ2) is 11.4. The molecule has 0 spiro atoms. The van der Waals surface area contributed by atoms with Gasteiger partial charge in [0.2, 0.25) is 0 Å². The standard InChI is InChI=1S/C15H29N3/c16-18-17-15-13-11-9-7-5-3-1-2-4-6-8-10-12-14-15/h15H,1-14H2. The molecule has 1 fully saturated rings. The molecule has 0 bridgehead atoms. The summed E-state index contributed by atoms with van der Waals surface area (Å²) in [6, 6.07) is 0.264. The molecule has 0 unspecified atom stereocenters. The highest BCUT2D eigenvalue weighted by atomic mass is 15.1. The molecule has 3 nitrogen and oxygen atoms in total. The molecule has 1 aliphatic carbocycles. The van der Waals surface area contributed by atoms with Crippen molar-refractivity contribution in [2.75, 3.05) is 0 Å². The lowest BCUT2D eigenvalue weighted by Gasteiger charge is -2.10. The highest BCUT2D eigenvalue weighted by Crippen LogP contribution is 2.18. The van der Waals surface area contributed by atoms with Gasteiger partial charge in [0.05, 0.1) is 0 Å². The van der Waals surface area contributed by atoms with Crippen LogP contribution in [-0.4, -0.2) is 6.04 Å². The van der Waals surface area contributed by atoms with E-state index in [0.29, 0.717) is 0 Å². The van der Waals surface area contributed by atoms with E-state index in [-0.39, 0.29) is 6.04 Å². The van der Waals surface area contributed by atoms with Crippen molar-refractivity contribution in [3.05, 3.63) is 10.4 Å². The molecule has 0 amide bonds. The Bertz CT molecular complexity index is 218. The lowest BCUT2D eigenvalue weighted by atomic mass is 10.0. The van der Waals surface area contributed by atoms with Crippen molar-refractivity contribution in [1.29, 1.82) is 0 Å². The van der Waals surface area contributed by atoms with Gasteiger partial charge in [-0.2, -0.15) is 0 Å². The van der Waals surface area contributed by atoms with Crippen LogP contribution < -0.4 is 0 Å². The van der Waals surface area contributed by atoms with Crippen molar-refractivity contribution in [2.24, 2.45) is 5.11 Å². The van der Waals surface area contributed by atoms with E-state index in [9.17, 15) is 0 Å². The first-order chi connectivity index (χ1) is 8.93. The summed E-state index contributed by atoms with van der Waals surface area (Å²) in [6.45, 7) is 0. The van der Waals surface area contributed by atoms with Gasteiger partial charge in [0.1, 0.15) is 0 Å². The van der Waals surface area contributed by atoms with Crippen LogP contribution in [0, 0.1) is 0 Å². The Morgan fingerprint density at radius 1 is 0.611 bits per heavy atom. The molecule has 0 aromatic heterocycles. The van der Waals surface area contributed by atoms with Crippen LogP contribution in [0.3, 0.4) is 0 Å². The smallest absolute Gasteiger partial charge is 0.0374 e. The van der Waals surface area contributed by atoms with Gasteiger partial charge in [-0.25, -0.2) is 0 Å². The minimum absolute atomic E-state index is 0.264. The van der Waals surface area contributed by atoms with Crippen LogP contribution in [0.25, 0.3) is 10.4 Å². The third kappa shape index (κ3) is 8.41. The zero-order valence-electron chi connectivity index (χ0n) is 11.8. The quantitative estimate of drug-likeness (QED) is 0.305. The summed E-state index contributed by atoms with van der Waals surface area (Å²) in [5, 5.41) is 3.95. The zero-order chi connectivity index (χ0) is 12.9. The van der Waals surface area contributed by atoms with Gasteiger partial charge in [-0.05, 0) is 18.4 Å². The van der Waals surface area contributed by atoms with Crippen LogP contribution in [0.5, 0.6) is 0 Å². The van der Waals surface area contributed by atoms with Gasteiger partial charge in [0, 0.05) is 11.0 Å². The molecule has 0 aromatic rings. The van der Waals surface area contributed by atoms with Gasteiger partial charge >= 0.3 is 0 Å². The van der Waals surface area contributed by atoms with Gasteiger partial charge in [-0.3, -0.25) is 0 Å². The minimum Gasteiger partial charge on any atom is -0.0906 e. The Labute approximate surface area is 112 Å². The fourth-order valence-electron chi connectivity index (χ4n) is 2.86. The fraction of sp³-hybridized carbons (Fsp3) is 1.00. The highest BCUT2D eigenvalue weighted by Gasteiger charge is 2.06. The molecule has 18 heavy (non-hydrogen) atoms. The fourth-order valence-corrected chi connectivity index (χ4v) is 2.86. The molecular weight excluding hydrogens is 222 g/mol. The lowest BCUT2D eigenvalue weighted by molar-refractivity contribution is 0.488. The van der Waals surface area contributed by atoms with Crippen molar-refractivity contribution in [3.8, 4) is 0 Å². The Hall–Kier alpha value is -0.690. The van der Waals surface area contributed by atoms with Crippen molar-refractivity contribution >= 4 is 0 Å². The van der Waals surface area contributed by atoms with Gasteiger partial charge in [-0.1, -0.05) is 82.2 Å². The van der Waals surface area contributed by atoms with Crippen LogP contribution in [0.15, 0.2) is 5.11 Å². The van der Waals surface area contributed by atoms with Gasteiger partial charge in [0.25, 0.3) is 0 Å². The maximum absolute atomic E-state index is 8.58. The molecule has 0 aromatic carbocycles. The summed E-state index contributed by atoms with van der Waals surface area (Å²) in [5.74, 6) is 0. The van der Waals surface area contributed by atoms with Crippen LogP contribution in [-0.2, 0) is 0 Å². The SMILES string of the molecule is [N-]=[N+]=NC1CCCCCCCCCCCCCC1. The third-order valence-electron chi connectivity index (χ3n) is 4.04. The zero-order valence-corrected chi connectivity index (χ0v) is 11.8. The molecule has 0 N–H and O–H groups in total. The van der Waals surface area contributed by atoms with Gasteiger partial charge in [0.15, 0.2) is 0 Å². The maximum Gasteiger partial charge on any atom is 0.0374 e. The third-order valence-corrected chi connectivity index (χ3v) is 4.04. The van der Waals surface area contributed by atoms with E-state index >= 15 is 0 Å². The molecule has 0 aliphatic heterocycles. The largest absolute Gasteiger partial charge is 0.0906 e. The van der Waals surface area contributed by atoms with E-state index in [1.54, 1.807) is 0 Å². The van der Waals surface area contributed by atoms with Crippen LogP contribution in [0.1, 0.15) is 89.9 Å². The summed E-state index contributed by atoms with van der Waals surface area (Å²) in [6.07, 6.45) is 18.5. The van der Waals surface area contributed by atoms with Crippen molar-refractivity contribution in [2.45, 2.75) is 95.9 Å². The average molecular weight is 251 g/mol. The number of rotatable bonds is 1. The molecule has 3 heteroatoms. The van der Waals surface area contributed by atoms with E-state index in [0.717, 1.165) is 12.8 Å². The first kappa shape index (κ1) is 15.4. The molecule has 1 rings (SSSR count). The predicted octanol–water partition coefficient (Wildman–Crippen LogP) is 6.14. The monoisotopic (exact) mass is 251 g/mol. The molecule has 1 aliphatic rings. The first-order valence-corrected chi connectivity index (χ1v) is 7.97. The molecule has 1 saturated carbocycles.